The number of aryl methyl sites for hydroxylation is 3. The van der Waals surface area contributed by atoms with Crippen molar-refractivity contribution in [1.82, 2.24) is 14.9 Å². The minimum atomic E-state index is 0. The summed E-state index contributed by atoms with van der Waals surface area (Å²) in [6.07, 6.45) is 10.0. The summed E-state index contributed by atoms with van der Waals surface area (Å²) in [6, 6.07) is 12.9. The van der Waals surface area contributed by atoms with Crippen molar-refractivity contribution >= 4 is 17.2 Å². The van der Waals surface area contributed by atoms with Crippen LogP contribution in [0, 0.1) is 6.92 Å². The first-order valence-corrected chi connectivity index (χ1v) is 11.1. The second-order valence-corrected chi connectivity index (χ2v) is 8.87. The summed E-state index contributed by atoms with van der Waals surface area (Å²) in [7, 11) is 0. The molecular weight excluding hydrogens is 496 g/mol. The average Bonchev–Trinajstić information content (AvgIpc) is 2.91. The quantitative estimate of drug-likeness (QED) is 0.357. The standard InChI is InChI=1S/C26H26ClN3.3ClH/c1-18-13-19(16-28-15-18)17-30-11-8-20(9-12-30)25-24-7-6-23(27)14-22(24)5-4-21-3-2-10-29-26(21)25;;;/h2-3,6-7,10,13-16H,4-5,8-9,11-12,17H2,1H3;3*1H. The fraction of sp³-hybridized carbons (Fsp3) is 0.308. The molecule has 3 nitrogen and oxygen atoms in total. The summed E-state index contributed by atoms with van der Waals surface area (Å²) in [5.41, 5.74) is 10.6. The normalized spacial score (nSPS) is 15.2. The van der Waals surface area contributed by atoms with Crippen LogP contribution in [0.4, 0.5) is 0 Å². The minimum absolute atomic E-state index is 0. The lowest BCUT2D eigenvalue weighted by atomic mass is 9.88. The topological polar surface area (TPSA) is 29.0 Å². The van der Waals surface area contributed by atoms with Gasteiger partial charge in [-0.3, -0.25) is 14.9 Å². The van der Waals surface area contributed by atoms with Crippen LogP contribution in [0.2, 0.25) is 5.02 Å². The molecule has 1 aromatic carbocycles. The van der Waals surface area contributed by atoms with E-state index in [1.807, 2.05) is 24.7 Å². The SMILES string of the molecule is Cc1cncc(CN2CCC(=C3c4ccc(Cl)cc4CCc4cccnc43)CC2)c1.[Cl-].[Cl-].[Cl-].[H+].[H+].[H+]. The molecule has 1 fully saturated rings. The summed E-state index contributed by atoms with van der Waals surface area (Å²) in [5.74, 6) is 0. The third kappa shape index (κ3) is 6.09. The van der Waals surface area contributed by atoms with Crippen molar-refractivity contribution in [3.8, 4) is 0 Å². The van der Waals surface area contributed by atoms with Gasteiger partial charge in [0, 0.05) is 48.8 Å². The van der Waals surface area contributed by atoms with E-state index in [9.17, 15) is 0 Å². The van der Waals surface area contributed by atoms with Crippen LogP contribution in [0.3, 0.4) is 0 Å². The van der Waals surface area contributed by atoms with Gasteiger partial charge in [-0.2, -0.15) is 0 Å². The van der Waals surface area contributed by atoms with Crippen LogP contribution >= 0.6 is 11.6 Å². The van der Waals surface area contributed by atoms with E-state index in [1.165, 1.54) is 44.7 Å². The van der Waals surface area contributed by atoms with Crippen LogP contribution in [0.25, 0.3) is 5.57 Å². The van der Waals surface area contributed by atoms with Gasteiger partial charge in [-0.25, -0.2) is 0 Å². The van der Waals surface area contributed by atoms with E-state index < -0.39 is 0 Å². The molecule has 1 saturated heterocycles. The Kier molecular flexibility index (Phi) is 10.2. The van der Waals surface area contributed by atoms with Crippen molar-refractivity contribution in [2.45, 2.75) is 39.2 Å². The van der Waals surface area contributed by atoms with Gasteiger partial charge >= 0.3 is 4.28 Å². The second kappa shape index (κ2) is 12.2. The maximum atomic E-state index is 6.34. The van der Waals surface area contributed by atoms with E-state index in [0.717, 1.165) is 50.3 Å². The first-order valence-electron chi connectivity index (χ1n) is 10.8. The number of fused-ring (bicyclic) bond motifs is 2. The molecule has 1 aliphatic carbocycles. The summed E-state index contributed by atoms with van der Waals surface area (Å²) >= 11 is 6.34. The van der Waals surface area contributed by atoms with E-state index in [2.05, 4.69) is 47.1 Å². The molecule has 0 unspecified atom stereocenters. The van der Waals surface area contributed by atoms with Gasteiger partial charge in [0.1, 0.15) is 0 Å². The lowest BCUT2D eigenvalue weighted by molar-refractivity contribution is -0.00100. The lowest BCUT2D eigenvalue weighted by Gasteiger charge is -2.30. The third-order valence-corrected chi connectivity index (χ3v) is 6.51. The zero-order valence-corrected chi connectivity index (χ0v) is 21.5. The van der Waals surface area contributed by atoms with Gasteiger partial charge in [-0.1, -0.05) is 35.4 Å². The number of rotatable bonds is 2. The van der Waals surface area contributed by atoms with Gasteiger partial charge in [0.2, 0.25) is 0 Å². The van der Waals surface area contributed by atoms with Crippen molar-refractivity contribution in [3.05, 3.63) is 99.1 Å². The molecule has 0 N–H and O–H groups in total. The van der Waals surface area contributed by atoms with Gasteiger partial charge < -0.3 is 37.2 Å². The van der Waals surface area contributed by atoms with E-state index in [1.54, 1.807) is 0 Å². The fourth-order valence-electron chi connectivity index (χ4n) is 4.83. The predicted molar refractivity (Wildman–Crippen MR) is 126 cm³/mol. The maximum Gasteiger partial charge on any atom is 1.00 e. The van der Waals surface area contributed by atoms with E-state index in [-0.39, 0.29) is 41.5 Å². The molecule has 0 bridgehead atoms. The highest BCUT2D eigenvalue weighted by atomic mass is 35.5. The Labute approximate surface area is 224 Å². The molecule has 33 heavy (non-hydrogen) atoms. The van der Waals surface area contributed by atoms with Crippen LogP contribution in [-0.2, 0) is 19.4 Å². The Morgan fingerprint density at radius 3 is 2.45 bits per heavy atom. The highest BCUT2D eigenvalue weighted by Crippen LogP contribution is 2.38. The molecule has 0 radical (unpaired) electrons. The number of likely N-dealkylation sites (tertiary alicyclic amines) is 1. The Morgan fingerprint density at radius 1 is 0.939 bits per heavy atom. The van der Waals surface area contributed by atoms with Crippen LogP contribution < -0.4 is 37.2 Å². The summed E-state index contributed by atoms with van der Waals surface area (Å²) in [5, 5.41) is 0.818. The number of aromatic nitrogens is 2. The lowest BCUT2D eigenvalue weighted by Crippen LogP contribution is -3.00. The van der Waals surface area contributed by atoms with Crippen LogP contribution in [-0.4, -0.2) is 28.0 Å². The van der Waals surface area contributed by atoms with Gasteiger partial charge in [0.25, 0.3) is 0 Å². The maximum absolute atomic E-state index is 6.34. The molecule has 2 aromatic heterocycles. The van der Waals surface area contributed by atoms with Gasteiger partial charge in [-0.05, 0) is 78.6 Å². The molecular formula is C26H29Cl4N3. The Bertz CT molecular complexity index is 1130. The molecule has 0 spiro atoms. The molecule has 3 heterocycles. The van der Waals surface area contributed by atoms with Crippen molar-refractivity contribution < 1.29 is 41.5 Å². The van der Waals surface area contributed by atoms with Gasteiger partial charge in [-0.15, -0.1) is 0 Å². The Balaban J connectivity index is 0. The van der Waals surface area contributed by atoms with Crippen LogP contribution in [0.1, 0.15) is 50.6 Å². The number of hydrogen-bond acceptors (Lipinski definition) is 3. The number of pyridine rings is 2. The number of benzene rings is 1. The predicted octanol–water partition coefficient (Wildman–Crippen LogP) is -3.02. The molecule has 7 heteroatoms. The molecule has 0 atom stereocenters. The van der Waals surface area contributed by atoms with Gasteiger partial charge in [0.05, 0.1) is 5.69 Å². The summed E-state index contributed by atoms with van der Waals surface area (Å²) < 4.78 is 0. The molecule has 5 rings (SSSR count). The van der Waals surface area contributed by atoms with Crippen LogP contribution in [0.5, 0.6) is 0 Å². The first-order chi connectivity index (χ1) is 14.7. The number of hydrogen-bond donors (Lipinski definition) is 0. The average molecular weight is 525 g/mol. The van der Waals surface area contributed by atoms with Crippen LogP contribution in [0.15, 0.2) is 60.6 Å². The van der Waals surface area contributed by atoms with E-state index in [4.69, 9.17) is 16.6 Å². The number of piperidine rings is 1. The van der Waals surface area contributed by atoms with Crippen molar-refractivity contribution in [2.75, 3.05) is 13.1 Å². The summed E-state index contributed by atoms with van der Waals surface area (Å²) in [4.78, 5) is 11.7. The fourth-order valence-corrected chi connectivity index (χ4v) is 5.02. The zero-order valence-electron chi connectivity index (χ0n) is 21.5. The van der Waals surface area contributed by atoms with Crippen molar-refractivity contribution in [2.24, 2.45) is 0 Å². The highest BCUT2D eigenvalue weighted by molar-refractivity contribution is 6.30. The molecule has 2 aliphatic rings. The smallest absolute Gasteiger partial charge is 1.00 e. The second-order valence-electron chi connectivity index (χ2n) is 8.44. The van der Waals surface area contributed by atoms with E-state index >= 15 is 0 Å². The molecule has 3 aromatic rings. The largest absolute Gasteiger partial charge is 1.00 e. The minimum Gasteiger partial charge on any atom is -1.00 e. The Morgan fingerprint density at radius 2 is 1.70 bits per heavy atom. The van der Waals surface area contributed by atoms with Crippen molar-refractivity contribution in [1.29, 1.82) is 0 Å². The van der Waals surface area contributed by atoms with E-state index in [0.29, 0.717) is 0 Å². The number of halogens is 4. The molecule has 1 aliphatic heterocycles. The molecule has 176 valence electrons. The molecule has 0 saturated carbocycles. The Hall–Kier alpha value is -1.62. The number of nitrogens with zero attached hydrogens (tertiary/aromatic N) is 3. The third-order valence-electron chi connectivity index (χ3n) is 6.28. The molecule has 0 amide bonds. The van der Waals surface area contributed by atoms with Gasteiger partial charge in [0.15, 0.2) is 0 Å². The monoisotopic (exact) mass is 523 g/mol. The first kappa shape index (κ1) is 27.6. The highest BCUT2D eigenvalue weighted by Gasteiger charge is 2.25. The zero-order chi connectivity index (χ0) is 20.5. The summed E-state index contributed by atoms with van der Waals surface area (Å²) in [6.45, 7) is 5.21. The van der Waals surface area contributed by atoms with Crippen molar-refractivity contribution in [3.63, 3.8) is 0 Å².